The molecule has 2 amide bonds. The van der Waals surface area contributed by atoms with E-state index in [1.165, 1.54) is 6.07 Å². The molecule has 2 aromatic rings. The number of nitrogens with one attached hydrogen (secondary N) is 1. The number of unbranched alkanes of at least 4 members (excludes halogenated alkanes) is 1. The molecule has 0 bridgehead atoms. The molecule has 1 aliphatic rings. The number of carbonyl (C=O) groups is 2. The zero-order valence-electron chi connectivity index (χ0n) is 21.3. The van der Waals surface area contributed by atoms with Gasteiger partial charge in [0.1, 0.15) is 17.2 Å². The van der Waals surface area contributed by atoms with Gasteiger partial charge in [-0.15, -0.1) is 0 Å². The highest BCUT2D eigenvalue weighted by atomic mass is 19.1. The Morgan fingerprint density at radius 2 is 1.91 bits per heavy atom. The Balaban J connectivity index is 0.00000456. The molecular formula is C27H38FN3O4. The molecule has 192 valence electrons. The first kappa shape index (κ1) is 26.3. The molecule has 0 radical (unpaired) electrons. The van der Waals surface area contributed by atoms with Crippen molar-refractivity contribution < 1.29 is 24.9 Å². The van der Waals surface area contributed by atoms with Crippen molar-refractivity contribution in [2.75, 3.05) is 37.0 Å². The number of carbonyl (C=O) groups excluding carboxylic acids is 2. The Bertz CT molecular complexity index is 1030. The third kappa shape index (κ3) is 7.34. The van der Waals surface area contributed by atoms with Gasteiger partial charge in [-0.1, -0.05) is 13.3 Å². The fraction of sp³-hybridized carbons (Fsp3) is 0.481. The Kier molecular flexibility index (Phi) is 8.59. The lowest BCUT2D eigenvalue weighted by molar-refractivity contribution is 0.0237. The van der Waals surface area contributed by atoms with Crippen LogP contribution in [0.1, 0.15) is 58.7 Å². The monoisotopic (exact) mass is 487 g/mol. The molecule has 0 spiro atoms. The van der Waals surface area contributed by atoms with E-state index in [0.717, 1.165) is 12.8 Å². The molecule has 7 nitrogen and oxygen atoms in total. The molecule has 1 aliphatic heterocycles. The molecule has 0 aromatic heterocycles. The van der Waals surface area contributed by atoms with Gasteiger partial charge < -0.3 is 24.6 Å². The van der Waals surface area contributed by atoms with Gasteiger partial charge >= 0.3 is 6.09 Å². The summed E-state index contributed by atoms with van der Waals surface area (Å²) in [5.41, 5.74) is 0.711. The molecule has 1 heterocycles. The maximum atomic E-state index is 14.9. The van der Waals surface area contributed by atoms with E-state index >= 15 is 0 Å². The van der Waals surface area contributed by atoms with Crippen molar-refractivity contribution in [3.05, 3.63) is 53.8 Å². The van der Waals surface area contributed by atoms with E-state index in [2.05, 4.69) is 12.2 Å². The van der Waals surface area contributed by atoms with Crippen molar-refractivity contribution in [3.8, 4) is 5.75 Å². The maximum Gasteiger partial charge on any atom is 0.410 e. The van der Waals surface area contributed by atoms with Crippen molar-refractivity contribution in [1.82, 2.24) is 4.90 Å². The average molecular weight is 488 g/mol. The van der Waals surface area contributed by atoms with Crippen LogP contribution in [-0.2, 0) is 4.74 Å². The van der Waals surface area contributed by atoms with Crippen LogP contribution in [0.4, 0.5) is 20.6 Å². The molecule has 1 unspecified atom stereocenters. The number of rotatable bonds is 8. The van der Waals surface area contributed by atoms with Crippen LogP contribution >= 0.6 is 0 Å². The number of benzene rings is 2. The van der Waals surface area contributed by atoms with Crippen LogP contribution in [0.3, 0.4) is 0 Å². The van der Waals surface area contributed by atoms with Gasteiger partial charge in [-0.25, -0.2) is 9.18 Å². The largest absolute Gasteiger partial charge is 0.494 e. The molecule has 1 N–H and O–H groups in total. The number of halogens is 1. The summed E-state index contributed by atoms with van der Waals surface area (Å²) in [5.74, 6) is -0.0350. The number of hydrogen-bond acceptors (Lipinski definition) is 5. The molecule has 35 heavy (non-hydrogen) atoms. The van der Waals surface area contributed by atoms with Gasteiger partial charge in [-0.05, 0) is 76.1 Å². The van der Waals surface area contributed by atoms with E-state index in [0.29, 0.717) is 48.8 Å². The standard InChI is InChI=1S/C27H36FN3O4.H2/c1-6-7-16-34-22-11-8-19(9-12-22)25(32)29-20-10-13-24(23(28)17-20)31-15-14-21(18-31)30(5)26(33)35-27(2,3)4;/h8-13,17,21H,6-7,14-16,18H2,1-5H3,(H,29,32);1H. The van der Waals surface area contributed by atoms with E-state index in [9.17, 15) is 14.0 Å². The summed E-state index contributed by atoms with van der Waals surface area (Å²) in [6.07, 6.45) is 2.36. The third-order valence-electron chi connectivity index (χ3n) is 5.82. The summed E-state index contributed by atoms with van der Waals surface area (Å²) >= 11 is 0. The minimum absolute atomic E-state index is 0. The van der Waals surface area contributed by atoms with Crippen LogP contribution in [0.2, 0.25) is 0 Å². The number of anilines is 2. The Morgan fingerprint density at radius 1 is 1.20 bits per heavy atom. The van der Waals surface area contributed by atoms with Gasteiger partial charge in [0.15, 0.2) is 0 Å². The second-order valence-corrected chi connectivity index (χ2v) is 9.83. The first-order valence-corrected chi connectivity index (χ1v) is 12.1. The number of ether oxygens (including phenoxy) is 2. The first-order chi connectivity index (χ1) is 16.6. The van der Waals surface area contributed by atoms with Crippen LogP contribution in [0.5, 0.6) is 5.75 Å². The van der Waals surface area contributed by atoms with Crippen LogP contribution in [0, 0.1) is 5.82 Å². The normalized spacial score (nSPS) is 15.6. The van der Waals surface area contributed by atoms with Gasteiger partial charge in [-0.3, -0.25) is 4.79 Å². The lowest BCUT2D eigenvalue weighted by Gasteiger charge is -2.29. The molecule has 8 heteroatoms. The zero-order chi connectivity index (χ0) is 25.6. The minimum Gasteiger partial charge on any atom is -0.494 e. The second kappa shape index (κ2) is 11.4. The number of amides is 2. The summed E-state index contributed by atoms with van der Waals surface area (Å²) in [5, 5.41) is 2.74. The molecule has 1 saturated heterocycles. The smallest absolute Gasteiger partial charge is 0.410 e. The SMILES string of the molecule is CCCCOc1ccc(C(=O)Nc2ccc(N3CCC(N(C)C(=O)OC(C)(C)C)C3)c(F)c2)cc1.[HH]. The number of likely N-dealkylation sites (N-methyl/N-ethyl adjacent to an activating group) is 1. The summed E-state index contributed by atoms with van der Waals surface area (Å²) in [6.45, 7) is 9.34. The molecular weight excluding hydrogens is 449 g/mol. The molecule has 1 atom stereocenters. The Hall–Kier alpha value is -3.29. The molecule has 0 aliphatic carbocycles. The van der Waals surface area contributed by atoms with E-state index in [-0.39, 0.29) is 19.5 Å². The summed E-state index contributed by atoms with van der Waals surface area (Å²) in [6, 6.07) is 11.5. The average Bonchev–Trinajstić information content (AvgIpc) is 3.28. The quantitative estimate of drug-likeness (QED) is 0.466. The summed E-state index contributed by atoms with van der Waals surface area (Å²) in [7, 11) is 1.71. The zero-order valence-corrected chi connectivity index (χ0v) is 21.3. The minimum atomic E-state index is -0.569. The van der Waals surface area contributed by atoms with Gasteiger partial charge in [0.2, 0.25) is 0 Å². The topological polar surface area (TPSA) is 71.1 Å². The van der Waals surface area contributed by atoms with Crippen molar-refractivity contribution in [3.63, 3.8) is 0 Å². The number of nitrogens with zero attached hydrogens (tertiary/aromatic N) is 2. The van der Waals surface area contributed by atoms with Gasteiger partial charge in [-0.2, -0.15) is 0 Å². The van der Waals surface area contributed by atoms with Crippen molar-refractivity contribution in [2.45, 2.75) is 58.6 Å². The lowest BCUT2D eigenvalue weighted by atomic mass is 10.2. The van der Waals surface area contributed by atoms with E-state index < -0.39 is 11.4 Å². The highest BCUT2D eigenvalue weighted by Gasteiger charge is 2.32. The van der Waals surface area contributed by atoms with E-state index in [1.54, 1.807) is 48.3 Å². The predicted molar refractivity (Wildman–Crippen MR) is 138 cm³/mol. The van der Waals surface area contributed by atoms with Gasteiger partial charge in [0, 0.05) is 32.8 Å². The summed E-state index contributed by atoms with van der Waals surface area (Å²) < 4.78 is 26.0. The third-order valence-corrected chi connectivity index (χ3v) is 5.82. The fourth-order valence-corrected chi connectivity index (χ4v) is 3.84. The fourth-order valence-electron chi connectivity index (χ4n) is 3.84. The lowest BCUT2D eigenvalue weighted by Crippen LogP contribution is -2.42. The highest BCUT2D eigenvalue weighted by molar-refractivity contribution is 6.04. The second-order valence-electron chi connectivity index (χ2n) is 9.83. The summed E-state index contributed by atoms with van der Waals surface area (Å²) in [4.78, 5) is 28.4. The number of hydrogen-bond donors (Lipinski definition) is 1. The van der Waals surface area contributed by atoms with Crippen molar-refractivity contribution in [1.29, 1.82) is 0 Å². The van der Waals surface area contributed by atoms with Crippen molar-refractivity contribution in [2.24, 2.45) is 0 Å². The molecule has 0 saturated carbocycles. The predicted octanol–water partition coefficient (Wildman–Crippen LogP) is 5.95. The molecule has 2 aromatic carbocycles. The molecule has 3 rings (SSSR count). The highest BCUT2D eigenvalue weighted by Crippen LogP contribution is 2.28. The van der Waals surface area contributed by atoms with Gasteiger partial charge in [0.05, 0.1) is 18.3 Å². The van der Waals surface area contributed by atoms with Crippen molar-refractivity contribution >= 4 is 23.4 Å². The maximum absolute atomic E-state index is 14.9. The van der Waals surface area contributed by atoms with Crippen LogP contribution in [0.25, 0.3) is 0 Å². The van der Waals surface area contributed by atoms with Gasteiger partial charge in [0.25, 0.3) is 5.91 Å². The Morgan fingerprint density at radius 3 is 2.54 bits per heavy atom. The van der Waals surface area contributed by atoms with Crippen LogP contribution < -0.4 is 15.0 Å². The Labute approximate surface area is 208 Å². The van der Waals surface area contributed by atoms with E-state index in [4.69, 9.17) is 9.47 Å². The van der Waals surface area contributed by atoms with E-state index in [1.807, 2.05) is 25.7 Å². The van der Waals surface area contributed by atoms with Crippen LogP contribution in [0.15, 0.2) is 42.5 Å². The first-order valence-electron chi connectivity index (χ1n) is 12.1. The van der Waals surface area contributed by atoms with Crippen LogP contribution in [-0.4, -0.2) is 55.3 Å². The molecule has 1 fully saturated rings.